The minimum atomic E-state index is -0.313. The molecule has 1 N–H and O–H groups in total. The van der Waals surface area contributed by atoms with E-state index in [4.69, 9.17) is 21.1 Å². The quantitative estimate of drug-likeness (QED) is 0.611. The standard InChI is InChI=1S/C20H20ClN3O3/c1-3-26-14-8-10-17(27-4-2)15(13-14)22-19(25)11-9-16-20(21)23-18-7-5-6-12-24(16)18/h5-13H,3-4H2,1-2H3,(H,22,25)/b11-9+. The minimum absolute atomic E-state index is 0.313. The third kappa shape index (κ3) is 4.41. The van der Waals surface area contributed by atoms with Crippen LogP contribution in [0.1, 0.15) is 19.5 Å². The van der Waals surface area contributed by atoms with E-state index in [0.717, 1.165) is 0 Å². The first-order valence-electron chi connectivity index (χ1n) is 8.63. The lowest BCUT2D eigenvalue weighted by Crippen LogP contribution is -2.10. The Balaban J connectivity index is 1.81. The number of halogens is 1. The van der Waals surface area contributed by atoms with Crippen molar-refractivity contribution in [2.45, 2.75) is 13.8 Å². The van der Waals surface area contributed by atoms with Crippen LogP contribution in [0.5, 0.6) is 11.5 Å². The summed E-state index contributed by atoms with van der Waals surface area (Å²) in [5.41, 5.74) is 1.89. The number of imidazole rings is 1. The van der Waals surface area contributed by atoms with Crippen molar-refractivity contribution in [3.63, 3.8) is 0 Å². The molecule has 0 radical (unpaired) electrons. The number of hydrogen-bond donors (Lipinski definition) is 1. The smallest absolute Gasteiger partial charge is 0.248 e. The van der Waals surface area contributed by atoms with Gasteiger partial charge in [-0.1, -0.05) is 17.7 Å². The first-order valence-corrected chi connectivity index (χ1v) is 9.01. The second-order valence-corrected chi connectivity index (χ2v) is 5.92. The van der Waals surface area contributed by atoms with Crippen molar-refractivity contribution in [3.05, 3.63) is 59.5 Å². The Bertz CT molecular complexity index is 982. The maximum atomic E-state index is 12.4. The molecule has 6 nitrogen and oxygen atoms in total. The molecule has 0 fully saturated rings. The van der Waals surface area contributed by atoms with Crippen LogP contribution in [-0.2, 0) is 4.79 Å². The molecule has 3 aromatic rings. The van der Waals surface area contributed by atoms with Gasteiger partial charge in [-0.25, -0.2) is 4.98 Å². The summed E-state index contributed by atoms with van der Waals surface area (Å²) in [6, 6.07) is 10.9. The van der Waals surface area contributed by atoms with Crippen LogP contribution in [0.3, 0.4) is 0 Å². The van der Waals surface area contributed by atoms with E-state index < -0.39 is 0 Å². The molecule has 0 aliphatic carbocycles. The summed E-state index contributed by atoms with van der Waals surface area (Å²) in [5.74, 6) is 0.923. The van der Waals surface area contributed by atoms with E-state index in [-0.39, 0.29) is 5.91 Å². The number of carbonyl (C=O) groups excluding carboxylic acids is 1. The van der Waals surface area contributed by atoms with Gasteiger partial charge in [0.1, 0.15) is 17.1 Å². The summed E-state index contributed by atoms with van der Waals surface area (Å²) in [5, 5.41) is 3.15. The van der Waals surface area contributed by atoms with Crippen LogP contribution in [0, 0.1) is 0 Å². The lowest BCUT2D eigenvalue weighted by molar-refractivity contribution is -0.111. The minimum Gasteiger partial charge on any atom is -0.494 e. The molecule has 140 valence electrons. The predicted octanol–water partition coefficient (Wildman–Crippen LogP) is 4.44. The summed E-state index contributed by atoms with van der Waals surface area (Å²) in [7, 11) is 0. The van der Waals surface area contributed by atoms with E-state index >= 15 is 0 Å². The van der Waals surface area contributed by atoms with Crippen LogP contribution >= 0.6 is 11.6 Å². The third-order valence-corrected chi connectivity index (χ3v) is 4.01. The number of nitrogens with one attached hydrogen (secondary N) is 1. The maximum absolute atomic E-state index is 12.4. The van der Waals surface area contributed by atoms with Gasteiger partial charge in [0.05, 0.1) is 24.6 Å². The van der Waals surface area contributed by atoms with Crippen molar-refractivity contribution in [2.75, 3.05) is 18.5 Å². The Morgan fingerprint density at radius 1 is 1.22 bits per heavy atom. The second kappa shape index (κ2) is 8.60. The molecule has 2 aromatic heterocycles. The van der Waals surface area contributed by atoms with Crippen molar-refractivity contribution in [3.8, 4) is 11.5 Å². The maximum Gasteiger partial charge on any atom is 0.248 e. The van der Waals surface area contributed by atoms with Gasteiger partial charge in [-0.05, 0) is 44.2 Å². The van der Waals surface area contributed by atoms with E-state index in [2.05, 4.69) is 10.3 Å². The highest BCUT2D eigenvalue weighted by atomic mass is 35.5. The van der Waals surface area contributed by atoms with Crippen molar-refractivity contribution < 1.29 is 14.3 Å². The lowest BCUT2D eigenvalue weighted by Gasteiger charge is -2.12. The normalized spacial score (nSPS) is 11.1. The first-order chi connectivity index (χ1) is 13.1. The zero-order valence-corrected chi connectivity index (χ0v) is 15.9. The van der Waals surface area contributed by atoms with Crippen LogP contribution in [0.2, 0.25) is 5.15 Å². The average Bonchev–Trinajstić information content (AvgIpc) is 2.97. The monoisotopic (exact) mass is 385 g/mol. The summed E-state index contributed by atoms with van der Waals surface area (Å²) in [6.07, 6.45) is 4.88. The molecule has 0 atom stereocenters. The Morgan fingerprint density at radius 2 is 2.04 bits per heavy atom. The molecule has 2 heterocycles. The summed E-state index contributed by atoms with van der Waals surface area (Å²) >= 11 is 6.18. The Labute approximate surface area is 162 Å². The average molecular weight is 386 g/mol. The van der Waals surface area contributed by atoms with Gasteiger partial charge in [0.2, 0.25) is 5.91 Å². The Kier molecular flexibility index (Phi) is 5.98. The number of rotatable bonds is 7. The molecular formula is C20H20ClN3O3. The van der Waals surface area contributed by atoms with Crippen molar-refractivity contribution >= 4 is 34.9 Å². The van der Waals surface area contributed by atoms with Gasteiger partial charge in [0, 0.05) is 18.3 Å². The Morgan fingerprint density at radius 3 is 2.81 bits per heavy atom. The molecule has 27 heavy (non-hydrogen) atoms. The lowest BCUT2D eigenvalue weighted by atomic mass is 10.2. The Hall–Kier alpha value is -2.99. The van der Waals surface area contributed by atoms with E-state index in [0.29, 0.717) is 46.9 Å². The molecule has 0 bridgehead atoms. The van der Waals surface area contributed by atoms with E-state index in [9.17, 15) is 4.79 Å². The molecule has 0 saturated carbocycles. The highest BCUT2D eigenvalue weighted by Crippen LogP contribution is 2.29. The molecule has 0 spiro atoms. The van der Waals surface area contributed by atoms with Gasteiger partial charge in [-0.3, -0.25) is 9.20 Å². The zero-order valence-electron chi connectivity index (χ0n) is 15.1. The summed E-state index contributed by atoms with van der Waals surface area (Å²) in [6.45, 7) is 4.81. The van der Waals surface area contributed by atoms with Gasteiger partial charge >= 0.3 is 0 Å². The number of pyridine rings is 1. The van der Waals surface area contributed by atoms with Crippen molar-refractivity contribution in [1.82, 2.24) is 9.38 Å². The van der Waals surface area contributed by atoms with Crippen molar-refractivity contribution in [2.24, 2.45) is 0 Å². The topological polar surface area (TPSA) is 64.9 Å². The van der Waals surface area contributed by atoms with Gasteiger partial charge in [-0.15, -0.1) is 0 Å². The highest BCUT2D eigenvalue weighted by molar-refractivity contribution is 6.31. The molecule has 3 rings (SSSR count). The number of carbonyl (C=O) groups is 1. The molecule has 0 aliphatic heterocycles. The number of aromatic nitrogens is 2. The third-order valence-electron chi connectivity index (χ3n) is 3.73. The molecule has 0 unspecified atom stereocenters. The van der Waals surface area contributed by atoms with E-state index in [1.807, 2.05) is 42.6 Å². The number of fused-ring (bicyclic) bond motifs is 1. The van der Waals surface area contributed by atoms with E-state index in [1.165, 1.54) is 6.08 Å². The number of ether oxygens (including phenoxy) is 2. The summed E-state index contributed by atoms with van der Waals surface area (Å²) < 4.78 is 12.9. The van der Waals surface area contributed by atoms with Crippen LogP contribution < -0.4 is 14.8 Å². The van der Waals surface area contributed by atoms with Crippen molar-refractivity contribution in [1.29, 1.82) is 0 Å². The van der Waals surface area contributed by atoms with Crippen LogP contribution in [0.4, 0.5) is 5.69 Å². The number of anilines is 1. The number of benzene rings is 1. The number of amides is 1. The highest BCUT2D eigenvalue weighted by Gasteiger charge is 2.10. The van der Waals surface area contributed by atoms with Gasteiger partial charge in [0.25, 0.3) is 0 Å². The predicted molar refractivity (Wildman–Crippen MR) is 107 cm³/mol. The second-order valence-electron chi connectivity index (χ2n) is 5.56. The fourth-order valence-corrected chi connectivity index (χ4v) is 2.85. The molecule has 0 saturated heterocycles. The summed E-state index contributed by atoms with van der Waals surface area (Å²) in [4.78, 5) is 16.7. The zero-order chi connectivity index (χ0) is 19.2. The van der Waals surface area contributed by atoms with Crippen LogP contribution in [-0.4, -0.2) is 28.5 Å². The number of nitrogens with zero attached hydrogens (tertiary/aromatic N) is 2. The number of hydrogen-bond acceptors (Lipinski definition) is 4. The molecule has 1 aromatic carbocycles. The molecule has 1 amide bonds. The first kappa shape index (κ1) is 18.8. The molecular weight excluding hydrogens is 366 g/mol. The molecule has 7 heteroatoms. The fraction of sp³-hybridized carbons (Fsp3) is 0.200. The SMILES string of the molecule is CCOc1ccc(OCC)c(NC(=O)/C=C/c2c(Cl)nc3ccccn23)c1. The van der Waals surface area contributed by atoms with E-state index in [1.54, 1.807) is 24.3 Å². The molecule has 0 aliphatic rings. The van der Waals surface area contributed by atoms with Crippen LogP contribution in [0.25, 0.3) is 11.7 Å². The largest absolute Gasteiger partial charge is 0.494 e. The van der Waals surface area contributed by atoms with Gasteiger partial charge in [-0.2, -0.15) is 0 Å². The van der Waals surface area contributed by atoms with Gasteiger partial charge in [0.15, 0.2) is 5.15 Å². The van der Waals surface area contributed by atoms with Crippen LogP contribution in [0.15, 0.2) is 48.7 Å². The van der Waals surface area contributed by atoms with Gasteiger partial charge < -0.3 is 14.8 Å². The fourth-order valence-electron chi connectivity index (χ4n) is 2.61.